The van der Waals surface area contributed by atoms with E-state index in [0.29, 0.717) is 12.8 Å². The minimum atomic E-state index is -1.34. The fourth-order valence-electron chi connectivity index (χ4n) is 12.3. The first-order valence-corrected chi connectivity index (χ1v) is 17.7. The monoisotopic (exact) mass is 658 g/mol. The summed E-state index contributed by atoms with van der Waals surface area (Å²) >= 11 is 0. The van der Waals surface area contributed by atoms with Crippen LogP contribution in [0.2, 0.25) is 0 Å². The molecule has 5 aliphatic carbocycles. The molecule has 2 aliphatic heterocycles. The average molecular weight is 659 g/mol. The molecule has 7 rings (SSSR count). The van der Waals surface area contributed by atoms with Gasteiger partial charge < -0.3 is 34.3 Å². The highest BCUT2D eigenvalue weighted by molar-refractivity contribution is 5.90. The lowest BCUT2D eigenvalue weighted by molar-refractivity contribution is -0.300. The highest BCUT2D eigenvalue weighted by Crippen LogP contribution is 2.88. The third kappa shape index (κ3) is 4.46. The van der Waals surface area contributed by atoms with Gasteiger partial charge in [-0.3, -0.25) is 14.4 Å². The molecule has 6 fully saturated rings. The lowest BCUT2D eigenvalue weighted by Gasteiger charge is -2.61. The van der Waals surface area contributed by atoms with Crippen molar-refractivity contribution in [2.45, 2.75) is 149 Å². The van der Waals surface area contributed by atoms with E-state index in [0.717, 1.165) is 25.7 Å². The van der Waals surface area contributed by atoms with Gasteiger partial charge in [-0.1, -0.05) is 46.3 Å². The summed E-state index contributed by atoms with van der Waals surface area (Å²) in [5.41, 5.74) is -0.862. The van der Waals surface area contributed by atoms with Crippen LogP contribution in [0.5, 0.6) is 0 Å². The lowest BCUT2D eigenvalue weighted by atomic mass is 9.44. The van der Waals surface area contributed by atoms with Crippen molar-refractivity contribution >= 4 is 17.5 Å². The van der Waals surface area contributed by atoms with E-state index in [1.165, 1.54) is 12.5 Å². The van der Waals surface area contributed by atoms with E-state index >= 15 is 0 Å². The molecule has 7 aliphatic rings. The predicted molar refractivity (Wildman–Crippen MR) is 169 cm³/mol. The van der Waals surface area contributed by atoms with Crippen LogP contribution < -0.4 is 0 Å². The van der Waals surface area contributed by atoms with Crippen molar-refractivity contribution in [3.63, 3.8) is 0 Å². The molecule has 0 amide bonds. The van der Waals surface area contributed by atoms with Gasteiger partial charge in [-0.15, -0.1) is 0 Å². The molecular weight excluding hydrogens is 604 g/mol. The Bertz CT molecular complexity index is 1400. The number of hydrogen-bond donors (Lipinski definition) is 3. The molecule has 14 atom stereocenters. The smallest absolute Gasteiger partial charge is 0.302 e. The molecule has 0 unspecified atom stereocenters. The SMILES string of the molecule is CC(=O)O[C@@H]1C[C@@]23C[C@@]24CC[C@H](O[C@@H]2OC[C@H](O)[C@H](O)[C@H]2O)C(C)(C)[C@H]4CC=C3[C@]2(C)CC(=O)[C@H]([C@H](C)CC(=O)[C@@H]3OC3(C)C)[C@@]12C. The number of esters is 1. The molecule has 262 valence electrons. The predicted octanol–water partition coefficient (Wildman–Crippen LogP) is 3.66. The molecule has 0 aromatic carbocycles. The van der Waals surface area contributed by atoms with Crippen LogP contribution in [-0.4, -0.2) is 88.0 Å². The second-order valence-corrected chi connectivity index (χ2v) is 17.8. The maximum Gasteiger partial charge on any atom is 0.302 e. The van der Waals surface area contributed by atoms with Gasteiger partial charge in [-0.2, -0.15) is 0 Å². The summed E-state index contributed by atoms with van der Waals surface area (Å²) in [6.07, 6.45) is 1.06. The number of aliphatic hydroxyl groups excluding tert-OH is 3. The Balaban J connectivity index is 1.20. The number of aliphatic hydroxyl groups is 3. The number of ether oxygens (including phenoxy) is 4. The Kier molecular flexibility index (Phi) is 7.49. The number of allylic oxidation sites excluding steroid dienone is 2. The summed E-state index contributed by atoms with van der Waals surface area (Å²) in [6.45, 7) is 15.9. The largest absolute Gasteiger partial charge is 0.462 e. The number of ketones is 2. The van der Waals surface area contributed by atoms with E-state index in [1.54, 1.807) is 0 Å². The topological polar surface area (TPSA) is 152 Å². The first-order chi connectivity index (χ1) is 21.8. The van der Waals surface area contributed by atoms with Crippen LogP contribution in [-0.2, 0) is 33.3 Å². The van der Waals surface area contributed by atoms with Crippen molar-refractivity contribution in [1.82, 2.24) is 0 Å². The van der Waals surface area contributed by atoms with Crippen LogP contribution in [0.25, 0.3) is 0 Å². The zero-order chi connectivity index (χ0) is 34.3. The summed E-state index contributed by atoms with van der Waals surface area (Å²) in [5, 5.41) is 30.8. The fourth-order valence-corrected chi connectivity index (χ4v) is 12.3. The number of rotatable bonds is 7. The highest BCUT2D eigenvalue weighted by atomic mass is 16.7. The molecular formula is C37H54O10. The Morgan fingerprint density at radius 3 is 2.38 bits per heavy atom. The van der Waals surface area contributed by atoms with E-state index in [-0.39, 0.29) is 64.7 Å². The van der Waals surface area contributed by atoms with Crippen LogP contribution in [0.3, 0.4) is 0 Å². The van der Waals surface area contributed by atoms with Gasteiger partial charge in [0, 0.05) is 41.9 Å². The number of hydrogen-bond acceptors (Lipinski definition) is 10. The van der Waals surface area contributed by atoms with E-state index in [9.17, 15) is 29.7 Å². The second kappa shape index (κ2) is 10.4. The van der Waals surface area contributed by atoms with Crippen molar-refractivity contribution in [2.75, 3.05) is 6.61 Å². The molecule has 3 N–H and O–H groups in total. The van der Waals surface area contributed by atoms with Crippen LogP contribution >= 0.6 is 0 Å². The van der Waals surface area contributed by atoms with Gasteiger partial charge in [0.25, 0.3) is 0 Å². The number of carbonyl (C=O) groups is 3. The van der Waals surface area contributed by atoms with Crippen molar-refractivity contribution in [3.8, 4) is 0 Å². The van der Waals surface area contributed by atoms with Crippen LogP contribution in [0.15, 0.2) is 11.6 Å². The van der Waals surface area contributed by atoms with Crippen molar-refractivity contribution in [2.24, 2.45) is 44.8 Å². The van der Waals surface area contributed by atoms with Gasteiger partial charge in [0.05, 0.1) is 18.3 Å². The lowest BCUT2D eigenvalue weighted by Crippen LogP contribution is -2.60. The fraction of sp³-hybridized carbons (Fsp3) is 0.865. The highest BCUT2D eigenvalue weighted by Gasteiger charge is 2.83. The Labute approximate surface area is 277 Å². The zero-order valence-electron chi connectivity index (χ0n) is 29.2. The molecule has 2 heterocycles. The Morgan fingerprint density at radius 2 is 1.74 bits per heavy atom. The van der Waals surface area contributed by atoms with E-state index < -0.39 is 59.2 Å². The zero-order valence-corrected chi connectivity index (χ0v) is 29.2. The standard InChI is InChI=1S/C37H54O10/c1-18(13-20(39)30-33(5,6)47-30)27-21(40)14-34(7)24-10-9-23-32(3,4)25(46-31-29(43)28(42)22(41)16-44-31)11-12-36(23)17-37(24,36)15-26(35(27,34)8)45-19(2)38/h10,18,22-23,25-31,41-43H,9,11-17H2,1-8H3/t18-,22+,23-,25+,26-,27+,28+,29-,30+,31+,34+,35-,36-,37+/m1/s1. The van der Waals surface area contributed by atoms with E-state index in [1.807, 2.05) is 20.8 Å². The number of epoxide rings is 1. The minimum Gasteiger partial charge on any atom is -0.462 e. The maximum absolute atomic E-state index is 14.2. The second-order valence-electron chi connectivity index (χ2n) is 17.8. The van der Waals surface area contributed by atoms with Gasteiger partial charge >= 0.3 is 5.97 Å². The van der Waals surface area contributed by atoms with Crippen LogP contribution in [0, 0.1) is 44.8 Å². The maximum atomic E-state index is 14.2. The van der Waals surface area contributed by atoms with Gasteiger partial charge in [-0.25, -0.2) is 0 Å². The molecule has 2 saturated heterocycles. The summed E-state index contributed by atoms with van der Waals surface area (Å²) in [5.74, 6) is -0.579. The van der Waals surface area contributed by atoms with Gasteiger partial charge in [0.2, 0.25) is 0 Å². The number of carbonyl (C=O) groups excluding carboxylic acids is 3. The van der Waals surface area contributed by atoms with Crippen molar-refractivity contribution in [3.05, 3.63) is 11.6 Å². The van der Waals surface area contributed by atoms with Crippen LogP contribution in [0.1, 0.15) is 100 Å². The van der Waals surface area contributed by atoms with Crippen molar-refractivity contribution in [1.29, 1.82) is 0 Å². The van der Waals surface area contributed by atoms with Gasteiger partial charge in [0.1, 0.15) is 36.3 Å². The molecule has 0 bridgehead atoms. The summed E-state index contributed by atoms with van der Waals surface area (Å²) in [4.78, 5) is 40.2. The molecule has 10 heteroatoms. The Morgan fingerprint density at radius 1 is 1.06 bits per heavy atom. The third-order valence-corrected chi connectivity index (χ3v) is 14.7. The first kappa shape index (κ1) is 33.8. The normalized spacial score (nSPS) is 51.0. The first-order valence-electron chi connectivity index (χ1n) is 17.7. The molecule has 10 nitrogen and oxygen atoms in total. The molecule has 4 saturated carbocycles. The summed E-state index contributed by atoms with van der Waals surface area (Å²) in [7, 11) is 0. The number of fused-ring (bicyclic) bond motifs is 2. The van der Waals surface area contributed by atoms with E-state index in [4.69, 9.17) is 18.9 Å². The Hall–Kier alpha value is -1.69. The van der Waals surface area contributed by atoms with Gasteiger partial charge in [-0.05, 0) is 68.6 Å². The summed E-state index contributed by atoms with van der Waals surface area (Å²) < 4.78 is 24.0. The molecule has 0 aromatic rings. The molecule has 0 aromatic heterocycles. The molecule has 2 spiro atoms. The quantitative estimate of drug-likeness (QED) is 0.210. The number of Topliss-reactive ketones (excluding diaryl/α,β-unsaturated/α-hetero) is 2. The molecule has 47 heavy (non-hydrogen) atoms. The average Bonchev–Trinajstić information content (AvgIpc) is 3.80. The summed E-state index contributed by atoms with van der Waals surface area (Å²) in [6, 6.07) is 0. The van der Waals surface area contributed by atoms with E-state index in [2.05, 4.69) is 33.8 Å². The van der Waals surface area contributed by atoms with Gasteiger partial charge in [0.15, 0.2) is 12.1 Å². The van der Waals surface area contributed by atoms with Crippen LogP contribution in [0.4, 0.5) is 0 Å². The third-order valence-electron chi connectivity index (χ3n) is 14.7. The molecule has 0 radical (unpaired) electrons. The minimum absolute atomic E-state index is 0.0303. The van der Waals surface area contributed by atoms with Crippen molar-refractivity contribution < 1.29 is 48.7 Å².